The first-order chi connectivity index (χ1) is 14.6. The monoisotopic (exact) mass is 451 g/mol. The summed E-state index contributed by atoms with van der Waals surface area (Å²) in [5, 5.41) is 1.18. The van der Waals surface area contributed by atoms with Gasteiger partial charge in [0.2, 0.25) is 0 Å². The molecule has 0 N–H and O–H groups in total. The summed E-state index contributed by atoms with van der Waals surface area (Å²) in [6.45, 7) is 15.5. The number of thioether (sulfide) groups is 1. The fraction of sp³-hybridized carbons (Fsp3) is 0.400. The molecule has 164 valence electrons. The third-order valence-corrected chi connectivity index (χ3v) is 11.1. The Hall–Kier alpha value is -2.02. The van der Waals surface area contributed by atoms with Crippen molar-refractivity contribution in [1.82, 2.24) is 15.0 Å². The molecule has 3 heterocycles. The highest BCUT2D eigenvalue weighted by Gasteiger charge is 2.38. The molecule has 0 saturated carbocycles. The SMILES string of the molecule is CCSc1cccc(-c2cccc(-c3cccc([C@H](C)O[Si](C)(C)C(C)(C)C)n3)n2)n1. The summed E-state index contributed by atoms with van der Waals surface area (Å²) in [5.74, 6) is 0.996. The van der Waals surface area contributed by atoms with Crippen molar-refractivity contribution in [2.24, 2.45) is 0 Å². The topological polar surface area (TPSA) is 47.9 Å². The molecule has 1 atom stereocenters. The molecule has 0 aliphatic carbocycles. The molecular weight excluding hydrogens is 418 g/mol. The second-order valence-corrected chi connectivity index (χ2v) is 15.2. The van der Waals surface area contributed by atoms with E-state index < -0.39 is 8.32 Å². The fourth-order valence-corrected chi connectivity index (χ4v) is 5.00. The van der Waals surface area contributed by atoms with E-state index in [1.54, 1.807) is 11.8 Å². The van der Waals surface area contributed by atoms with Gasteiger partial charge >= 0.3 is 0 Å². The summed E-state index contributed by atoms with van der Waals surface area (Å²) < 4.78 is 6.55. The Bertz CT molecular complexity index is 1030. The van der Waals surface area contributed by atoms with Crippen LogP contribution < -0.4 is 0 Å². The molecule has 6 heteroatoms. The van der Waals surface area contributed by atoms with Crippen molar-refractivity contribution in [3.05, 3.63) is 60.3 Å². The van der Waals surface area contributed by atoms with E-state index in [0.29, 0.717) is 0 Å². The van der Waals surface area contributed by atoms with Crippen molar-refractivity contribution in [2.75, 3.05) is 5.75 Å². The van der Waals surface area contributed by atoms with Gasteiger partial charge in [0, 0.05) is 0 Å². The van der Waals surface area contributed by atoms with Crippen molar-refractivity contribution in [1.29, 1.82) is 0 Å². The van der Waals surface area contributed by atoms with Crippen LogP contribution in [0.15, 0.2) is 59.6 Å². The Labute approximate surface area is 192 Å². The number of aromatic nitrogens is 3. The van der Waals surface area contributed by atoms with Crippen LogP contribution in [0, 0.1) is 0 Å². The van der Waals surface area contributed by atoms with Crippen LogP contribution in [-0.4, -0.2) is 29.0 Å². The summed E-state index contributed by atoms with van der Waals surface area (Å²) in [6.07, 6.45) is -0.0616. The lowest BCUT2D eigenvalue weighted by atomic mass is 10.1. The third kappa shape index (κ3) is 5.82. The molecule has 4 nitrogen and oxygen atoms in total. The van der Waals surface area contributed by atoms with E-state index in [2.05, 4.69) is 47.7 Å². The van der Waals surface area contributed by atoms with Gasteiger partial charge in [-0.2, -0.15) is 0 Å². The molecule has 3 rings (SSSR count). The minimum Gasteiger partial charge on any atom is -0.409 e. The Morgan fingerprint density at radius 3 is 1.94 bits per heavy atom. The van der Waals surface area contributed by atoms with Gasteiger partial charge in [0.15, 0.2) is 8.32 Å². The van der Waals surface area contributed by atoms with E-state index in [4.69, 9.17) is 19.4 Å². The molecule has 3 aromatic heterocycles. The molecule has 0 radical (unpaired) electrons. The molecule has 0 spiro atoms. The maximum Gasteiger partial charge on any atom is 0.192 e. The normalized spacial score (nSPS) is 13.3. The Balaban J connectivity index is 1.88. The Morgan fingerprint density at radius 1 is 0.839 bits per heavy atom. The fourth-order valence-electron chi connectivity index (χ4n) is 3.01. The summed E-state index contributed by atoms with van der Waals surface area (Å²) >= 11 is 1.73. The molecule has 0 aromatic carbocycles. The van der Waals surface area contributed by atoms with Crippen LogP contribution in [0.5, 0.6) is 0 Å². The lowest BCUT2D eigenvalue weighted by molar-refractivity contribution is 0.198. The average molecular weight is 452 g/mol. The first-order valence-electron chi connectivity index (χ1n) is 10.8. The van der Waals surface area contributed by atoms with Gasteiger partial charge in [-0.25, -0.2) is 15.0 Å². The second-order valence-electron chi connectivity index (χ2n) is 9.17. The lowest BCUT2D eigenvalue weighted by Gasteiger charge is -2.38. The number of rotatable bonds is 7. The standard InChI is InChI=1S/C25H33N3OSSi/c1-8-30-24-17-11-16-23(28-24)22-15-10-14-21(27-22)20-13-9-12-19(26-20)18(2)29-31(6,7)25(3,4)5/h9-18H,8H2,1-7H3/t18-/m0/s1. The van der Waals surface area contributed by atoms with E-state index in [-0.39, 0.29) is 11.1 Å². The molecule has 0 fully saturated rings. The predicted molar refractivity (Wildman–Crippen MR) is 134 cm³/mol. The zero-order valence-electron chi connectivity index (χ0n) is 19.6. The zero-order chi connectivity index (χ0) is 22.6. The largest absolute Gasteiger partial charge is 0.409 e. The Kier molecular flexibility index (Phi) is 7.34. The molecular formula is C25H33N3OSSi. The van der Waals surface area contributed by atoms with Crippen LogP contribution in [0.2, 0.25) is 18.1 Å². The van der Waals surface area contributed by atoms with Crippen LogP contribution >= 0.6 is 11.8 Å². The molecule has 3 aromatic rings. The van der Waals surface area contributed by atoms with Crippen LogP contribution in [0.4, 0.5) is 0 Å². The highest BCUT2D eigenvalue weighted by Crippen LogP contribution is 2.39. The highest BCUT2D eigenvalue weighted by molar-refractivity contribution is 7.99. The van der Waals surface area contributed by atoms with Crippen molar-refractivity contribution in [2.45, 2.75) is 63.9 Å². The summed E-state index contributed by atoms with van der Waals surface area (Å²) in [6, 6.07) is 18.2. The number of hydrogen-bond donors (Lipinski definition) is 0. The van der Waals surface area contributed by atoms with E-state index in [0.717, 1.165) is 39.2 Å². The second kappa shape index (κ2) is 9.63. The van der Waals surface area contributed by atoms with Gasteiger partial charge < -0.3 is 4.43 Å². The molecule has 0 amide bonds. The maximum atomic E-state index is 6.55. The molecule has 0 saturated heterocycles. The minimum atomic E-state index is -1.88. The first kappa shape index (κ1) is 23.6. The highest BCUT2D eigenvalue weighted by atomic mass is 32.2. The van der Waals surface area contributed by atoms with E-state index >= 15 is 0 Å². The lowest BCUT2D eigenvalue weighted by Crippen LogP contribution is -2.41. The molecule has 0 bridgehead atoms. The predicted octanol–water partition coefficient (Wildman–Crippen LogP) is 7.40. The van der Waals surface area contributed by atoms with Crippen LogP contribution in [0.25, 0.3) is 22.8 Å². The summed E-state index contributed by atoms with van der Waals surface area (Å²) in [7, 11) is -1.88. The van der Waals surface area contributed by atoms with Crippen molar-refractivity contribution < 1.29 is 4.43 Å². The number of hydrogen-bond acceptors (Lipinski definition) is 5. The minimum absolute atomic E-state index is 0.0616. The average Bonchev–Trinajstić information content (AvgIpc) is 2.73. The van der Waals surface area contributed by atoms with Crippen molar-refractivity contribution >= 4 is 20.1 Å². The van der Waals surface area contributed by atoms with Gasteiger partial charge in [0.05, 0.1) is 39.6 Å². The van der Waals surface area contributed by atoms with Gasteiger partial charge in [-0.15, -0.1) is 11.8 Å². The van der Waals surface area contributed by atoms with Crippen LogP contribution in [-0.2, 0) is 4.43 Å². The molecule has 31 heavy (non-hydrogen) atoms. The molecule has 0 aliphatic heterocycles. The van der Waals surface area contributed by atoms with Gasteiger partial charge in [0.25, 0.3) is 0 Å². The van der Waals surface area contributed by atoms with Gasteiger partial charge in [-0.05, 0) is 67.2 Å². The quantitative estimate of drug-likeness (QED) is 0.277. The zero-order valence-corrected chi connectivity index (χ0v) is 21.5. The third-order valence-electron chi connectivity index (χ3n) is 5.75. The Morgan fingerprint density at radius 2 is 1.35 bits per heavy atom. The van der Waals surface area contributed by atoms with E-state index in [1.165, 1.54) is 0 Å². The van der Waals surface area contributed by atoms with E-state index in [1.807, 2.05) is 54.6 Å². The van der Waals surface area contributed by atoms with Gasteiger partial charge in [0.1, 0.15) is 0 Å². The maximum absolute atomic E-state index is 6.55. The number of nitrogens with zero attached hydrogens (tertiary/aromatic N) is 3. The van der Waals surface area contributed by atoms with Crippen molar-refractivity contribution in [3.8, 4) is 22.8 Å². The van der Waals surface area contributed by atoms with Crippen LogP contribution in [0.3, 0.4) is 0 Å². The molecule has 0 aliphatic rings. The van der Waals surface area contributed by atoms with E-state index in [9.17, 15) is 0 Å². The van der Waals surface area contributed by atoms with Gasteiger partial charge in [-0.3, -0.25) is 0 Å². The summed E-state index contributed by atoms with van der Waals surface area (Å²) in [5.41, 5.74) is 4.37. The number of pyridine rings is 3. The van der Waals surface area contributed by atoms with Gasteiger partial charge in [-0.1, -0.05) is 45.9 Å². The van der Waals surface area contributed by atoms with Crippen molar-refractivity contribution in [3.63, 3.8) is 0 Å². The van der Waals surface area contributed by atoms with Crippen LogP contribution in [0.1, 0.15) is 46.4 Å². The molecule has 0 unspecified atom stereocenters. The first-order valence-corrected chi connectivity index (χ1v) is 14.7. The smallest absolute Gasteiger partial charge is 0.192 e. The summed E-state index contributed by atoms with van der Waals surface area (Å²) in [4.78, 5) is 14.5.